The lowest BCUT2D eigenvalue weighted by Gasteiger charge is -2.05. The number of hydrogen-bond acceptors (Lipinski definition) is 5. The highest BCUT2D eigenvalue weighted by Gasteiger charge is 2.18. The summed E-state index contributed by atoms with van der Waals surface area (Å²) in [5, 5.41) is 7.26. The third-order valence-electron chi connectivity index (χ3n) is 4.61. The van der Waals surface area contributed by atoms with Crippen LogP contribution in [-0.4, -0.2) is 36.1 Å². The summed E-state index contributed by atoms with van der Waals surface area (Å²) in [6.07, 6.45) is 0.713. The van der Waals surface area contributed by atoms with Crippen LogP contribution in [0.4, 0.5) is 0 Å². The zero-order chi connectivity index (χ0) is 19.5. The topological polar surface area (TPSA) is 74.6 Å². The van der Waals surface area contributed by atoms with Crippen LogP contribution in [0.5, 0.6) is 17.2 Å². The van der Waals surface area contributed by atoms with E-state index < -0.39 is 0 Å². The Kier molecular flexibility index (Phi) is 4.89. The summed E-state index contributed by atoms with van der Waals surface area (Å²) in [5.41, 5.74) is 3.22. The fourth-order valence-corrected chi connectivity index (χ4v) is 3.14. The van der Waals surface area contributed by atoms with Crippen LogP contribution in [0.2, 0.25) is 0 Å². The van der Waals surface area contributed by atoms with E-state index in [1.54, 1.807) is 17.9 Å². The SMILES string of the molecule is COc1cccc(CCNC(=O)c2cc(-c3ccc4c(c3)OCO4)n(C)n2)c1. The number of ether oxygens (including phenoxy) is 3. The Morgan fingerprint density at radius 2 is 2.04 bits per heavy atom. The number of carbonyl (C=O) groups is 1. The fraction of sp³-hybridized carbons (Fsp3) is 0.238. The van der Waals surface area contributed by atoms with Crippen molar-refractivity contribution >= 4 is 5.91 Å². The van der Waals surface area contributed by atoms with Crippen molar-refractivity contribution in [3.8, 4) is 28.5 Å². The van der Waals surface area contributed by atoms with Crippen molar-refractivity contribution in [2.75, 3.05) is 20.4 Å². The highest BCUT2D eigenvalue weighted by molar-refractivity contribution is 5.93. The second-order valence-electron chi connectivity index (χ2n) is 6.46. The summed E-state index contributed by atoms with van der Waals surface area (Å²) in [6, 6.07) is 15.3. The maximum absolute atomic E-state index is 12.5. The molecular weight excluding hydrogens is 358 g/mol. The number of methoxy groups -OCH3 is 1. The van der Waals surface area contributed by atoms with Crippen molar-refractivity contribution in [2.24, 2.45) is 7.05 Å². The molecule has 1 aromatic heterocycles. The van der Waals surface area contributed by atoms with Crippen LogP contribution < -0.4 is 19.5 Å². The van der Waals surface area contributed by atoms with Crippen molar-refractivity contribution in [3.63, 3.8) is 0 Å². The van der Waals surface area contributed by atoms with Gasteiger partial charge >= 0.3 is 0 Å². The third kappa shape index (κ3) is 3.64. The Bertz CT molecular complexity index is 1010. The van der Waals surface area contributed by atoms with Gasteiger partial charge in [-0.2, -0.15) is 5.10 Å². The highest BCUT2D eigenvalue weighted by atomic mass is 16.7. The van der Waals surface area contributed by atoms with Gasteiger partial charge in [-0.3, -0.25) is 9.48 Å². The Morgan fingerprint density at radius 3 is 2.89 bits per heavy atom. The molecule has 0 radical (unpaired) electrons. The number of aryl methyl sites for hydroxylation is 1. The van der Waals surface area contributed by atoms with Gasteiger partial charge in [0.15, 0.2) is 17.2 Å². The second kappa shape index (κ2) is 7.64. The minimum Gasteiger partial charge on any atom is -0.497 e. The van der Waals surface area contributed by atoms with Gasteiger partial charge in [-0.15, -0.1) is 0 Å². The average molecular weight is 379 g/mol. The van der Waals surface area contributed by atoms with Gasteiger partial charge in [0.05, 0.1) is 12.8 Å². The number of fused-ring (bicyclic) bond motifs is 1. The predicted octanol–water partition coefficient (Wildman–Crippen LogP) is 2.80. The van der Waals surface area contributed by atoms with E-state index in [4.69, 9.17) is 14.2 Å². The van der Waals surface area contributed by atoms with Gasteiger partial charge in [-0.1, -0.05) is 12.1 Å². The lowest BCUT2D eigenvalue weighted by atomic mass is 10.1. The number of benzene rings is 2. The van der Waals surface area contributed by atoms with Crippen molar-refractivity contribution in [1.29, 1.82) is 0 Å². The maximum Gasteiger partial charge on any atom is 0.271 e. The molecule has 28 heavy (non-hydrogen) atoms. The van der Waals surface area contributed by atoms with E-state index in [1.807, 2.05) is 49.5 Å². The van der Waals surface area contributed by atoms with Gasteiger partial charge in [0, 0.05) is 19.2 Å². The molecule has 7 nitrogen and oxygen atoms in total. The quantitative estimate of drug-likeness (QED) is 0.713. The van der Waals surface area contributed by atoms with Crippen LogP contribution in [0.25, 0.3) is 11.3 Å². The van der Waals surface area contributed by atoms with Crippen LogP contribution in [-0.2, 0) is 13.5 Å². The van der Waals surface area contributed by atoms with Gasteiger partial charge < -0.3 is 19.5 Å². The van der Waals surface area contributed by atoms with E-state index in [0.29, 0.717) is 24.4 Å². The Hall–Kier alpha value is -3.48. The first-order chi connectivity index (χ1) is 13.6. The summed E-state index contributed by atoms with van der Waals surface area (Å²) in [5.74, 6) is 2.02. The number of nitrogens with zero attached hydrogens (tertiary/aromatic N) is 2. The van der Waals surface area contributed by atoms with Gasteiger partial charge in [0.25, 0.3) is 5.91 Å². The molecule has 0 aliphatic carbocycles. The van der Waals surface area contributed by atoms with Crippen molar-refractivity contribution in [2.45, 2.75) is 6.42 Å². The fourth-order valence-electron chi connectivity index (χ4n) is 3.14. The lowest BCUT2D eigenvalue weighted by molar-refractivity contribution is 0.0948. The molecule has 0 saturated carbocycles. The highest BCUT2D eigenvalue weighted by Crippen LogP contribution is 2.35. The molecule has 3 aromatic rings. The van der Waals surface area contributed by atoms with Crippen molar-refractivity contribution < 1.29 is 19.0 Å². The molecule has 1 N–H and O–H groups in total. The maximum atomic E-state index is 12.5. The van der Waals surface area contributed by atoms with E-state index >= 15 is 0 Å². The van der Waals surface area contributed by atoms with E-state index in [1.165, 1.54) is 0 Å². The molecule has 1 aliphatic rings. The standard InChI is InChI=1S/C21H21N3O4/c1-24-18(15-6-7-19-20(11-15)28-13-27-19)12-17(23-24)21(25)22-9-8-14-4-3-5-16(10-14)26-2/h3-7,10-12H,8-9,13H2,1-2H3,(H,22,25). The number of carbonyl (C=O) groups excluding carboxylic acids is 1. The molecule has 0 fully saturated rings. The minimum atomic E-state index is -0.203. The van der Waals surface area contributed by atoms with Crippen molar-refractivity contribution in [1.82, 2.24) is 15.1 Å². The van der Waals surface area contributed by atoms with Gasteiger partial charge in [0.1, 0.15) is 5.75 Å². The molecule has 1 aliphatic heterocycles. The predicted molar refractivity (Wildman–Crippen MR) is 104 cm³/mol. The average Bonchev–Trinajstić information content (AvgIpc) is 3.33. The molecule has 1 amide bonds. The monoisotopic (exact) mass is 379 g/mol. The zero-order valence-electron chi connectivity index (χ0n) is 15.8. The van der Waals surface area contributed by atoms with Crippen LogP contribution in [0.1, 0.15) is 16.1 Å². The normalized spacial score (nSPS) is 12.1. The molecule has 144 valence electrons. The molecule has 0 spiro atoms. The number of rotatable bonds is 6. The van der Waals surface area contributed by atoms with E-state index in [2.05, 4.69) is 10.4 Å². The Balaban J connectivity index is 1.42. The van der Waals surface area contributed by atoms with Gasteiger partial charge in [-0.25, -0.2) is 0 Å². The van der Waals surface area contributed by atoms with Gasteiger partial charge in [-0.05, 0) is 48.4 Å². The molecular formula is C21H21N3O4. The molecule has 2 aromatic carbocycles. The number of nitrogens with one attached hydrogen (secondary N) is 1. The smallest absolute Gasteiger partial charge is 0.271 e. The van der Waals surface area contributed by atoms with Crippen LogP contribution in [0, 0.1) is 0 Å². The summed E-state index contributed by atoms with van der Waals surface area (Å²) in [7, 11) is 3.45. The number of aromatic nitrogens is 2. The van der Waals surface area contributed by atoms with Crippen LogP contribution >= 0.6 is 0 Å². The molecule has 4 rings (SSSR count). The Labute approximate surface area is 162 Å². The first-order valence-corrected chi connectivity index (χ1v) is 8.99. The van der Waals surface area contributed by atoms with Crippen LogP contribution in [0.3, 0.4) is 0 Å². The molecule has 0 unspecified atom stereocenters. The minimum absolute atomic E-state index is 0.203. The first kappa shape index (κ1) is 17.9. The summed E-state index contributed by atoms with van der Waals surface area (Å²) in [4.78, 5) is 12.5. The zero-order valence-corrected chi connectivity index (χ0v) is 15.8. The summed E-state index contributed by atoms with van der Waals surface area (Å²) < 4.78 is 17.7. The molecule has 0 saturated heterocycles. The lowest BCUT2D eigenvalue weighted by Crippen LogP contribution is -2.26. The first-order valence-electron chi connectivity index (χ1n) is 8.99. The van der Waals surface area contributed by atoms with E-state index in [-0.39, 0.29) is 12.7 Å². The Morgan fingerprint density at radius 1 is 1.18 bits per heavy atom. The third-order valence-corrected chi connectivity index (χ3v) is 4.61. The molecule has 7 heteroatoms. The summed E-state index contributed by atoms with van der Waals surface area (Å²) in [6.45, 7) is 0.743. The number of amides is 1. The van der Waals surface area contributed by atoms with E-state index in [0.717, 1.165) is 28.3 Å². The van der Waals surface area contributed by atoms with Gasteiger partial charge in [0.2, 0.25) is 6.79 Å². The largest absolute Gasteiger partial charge is 0.497 e. The van der Waals surface area contributed by atoms with Crippen LogP contribution in [0.15, 0.2) is 48.5 Å². The summed E-state index contributed by atoms with van der Waals surface area (Å²) >= 11 is 0. The number of hydrogen-bond donors (Lipinski definition) is 1. The van der Waals surface area contributed by atoms with E-state index in [9.17, 15) is 4.79 Å². The molecule has 0 bridgehead atoms. The molecule has 2 heterocycles. The molecule has 0 atom stereocenters. The van der Waals surface area contributed by atoms with Crippen molar-refractivity contribution in [3.05, 3.63) is 59.8 Å². The second-order valence-corrected chi connectivity index (χ2v) is 6.46.